The van der Waals surface area contributed by atoms with E-state index in [1.54, 1.807) is 0 Å². The molecular formula is C17H18ClNO2S. The summed E-state index contributed by atoms with van der Waals surface area (Å²) < 4.78 is 0. The van der Waals surface area contributed by atoms with E-state index >= 15 is 0 Å². The van der Waals surface area contributed by atoms with Gasteiger partial charge < -0.3 is 5.11 Å². The van der Waals surface area contributed by atoms with Crippen LogP contribution in [-0.2, 0) is 17.8 Å². The van der Waals surface area contributed by atoms with Gasteiger partial charge in [0.2, 0.25) is 0 Å². The van der Waals surface area contributed by atoms with Crippen molar-refractivity contribution in [1.29, 1.82) is 0 Å². The quantitative estimate of drug-likeness (QED) is 0.882. The van der Waals surface area contributed by atoms with Gasteiger partial charge in [0.05, 0.1) is 0 Å². The van der Waals surface area contributed by atoms with Crippen molar-refractivity contribution in [2.75, 3.05) is 6.54 Å². The molecule has 1 atom stereocenters. The summed E-state index contributed by atoms with van der Waals surface area (Å²) in [6.45, 7) is 1.82. The SMILES string of the molecule is O=C(O)CCC(c1ccccc1Cl)N1CCc2sccc2C1. The van der Waals surface area contributed by atoms with Gasteiger partial charge in [-0.15, -0.1) is 11.3 Å². The second-order valence-corrected chi connectivity index (χ2v) is 6.97. The Morgan fingerprint density at radius 1 is 1.36 bits per heavy atom. The molecule has 1 N–H and O–H groups in total. The summed E-state index contributed by atoms with van der Waals surface area (Å²) in [5.41, 5.74) is 2.40. The van der Waals surface area contributed by atoms with Crippen molar-refractivity contribution in [3.05, 3.63) is 56.7 Å². The fourth-order valence-electron chi connectivity index (χ4n) is 3.08. The molecule has 116 valence electrons. The third kappa shape index (κ3) is 3.35. The van der Waals surface area contributed by atoms with Gasteiger partial charge in [-0.05, 0) is 41.5 Å². The van der Waals surface area contributed by atoms with Gasteiger partial charge in [-0.2, -0.15) is 0 Å². The second-order valence-electron chi connectivity index (χ2n) is 5.56. The fraction of sp³-hybridized carbons (Fsp3) is 0.353. The van der Waals surface area contributed by atoms with Crippen LogP contribution >= 0.6 is 22.9 Å². The lowest BCUT2D eigenvalue weighted by Gasteiger charge is -2.35. The number of fused-ring (bicyclic) bond motifs is 1. The molecule has 1 unspecified atom stereocenters. The first kappa shape index (κ1) is 15.5. The molecule has 2 heterocycles. The van der Waals surface area contributed by atoms with Crippen molar-refractivity contribution in [2.45, 2.75) is 31.8 Å². The Balaban J connectivity index is 1.86. The van der Waals surface area contributed by atoms with Crippen LogP contribution in [0.1, 0.15) is 34.9 Å². The number of halogens is 1. The molecule has 1 aliphatic rings. The standard InChI is InChI=1S/C17H18ClNO2S/c18-14-4-2-1-3-13(14)15(5-6-17(20)21)19-9-7-16-12(11-19)8-10-22-16/h1-4,8,10,15H,5-7,9,11H2,(H,20,21). The average Bonchev–Trinajstić information content (AvgIpc) is 2.96. The molecule has 1 aromatic carbocycles. The molecule has 2 aromatic rings. The lowest BCUT2D eigenvalue weighted by molar-refractivity contribution is -0.137. The number of carboxylic acids is 1. The maximum Gasteiger partial charge on any atom is 0.303 e. The van der Waals surface area contributed by atoms with Crippen LogP contribution in [0.15, 0.2) is 35.7 Å². The fourth-order valence-corrected chi connectivity index (χ4v) is 4.23. The minimum absolute atomic E-state index is 0.0536. The van der Waals surface area contributed by atoms with Crippen LogP contribution in [-0.4, -0.2) is 22.5 Å². The third-order valence-electron chi connectivity index (χ3n) is 4.17. The summed E-state index contributed by atoms with van der Waals surface area (Å²) in [4.78, 5) is 14.8. The molecule has 0 radical (unpaired) electrons. The Morgan fingerprint density at radius 3 is 2.95 bits per heavy atom. The summed E-state index contributed by atoms with van der Waals surface area (Å²) in [5, 5.41) is 11.9. The third-order valence-corrected chi connectivity index (χ3v) is 5.54. The average molecular weight is 336 g/mol. The number of carbonyl (C=O) groups is 1. The van der Waals surface area contributed by atoms with Crippen LogP contribution in [0.25, 0.3) is 0 Å². The topological polar surface area (TPSA) is 40.5 Å². The highest BCUT2D eigenvalue weighted by atomic mass is 35.5. The molecule has 0 spiro atoms. The van der Waals surface area contributed by atoms with Crippen molar-refractivity contribution in [3.8, 4) is 0 Å². The zero-order chi connectivity index (χ0) is 15.5. The Labute approximate surface area is 139 Å². The number of benzene rings is 1. The van der Waals surface area contributed by atoms with Crippen molar-refractivity contribution in [2.24, 2.45) is 0 Å². The molecule has 5 heteroatoms. The molecule has 22 heavy (non-hydrogen) atoms. The molecule has 1 aromatic heterocycles. The first-order valence-electron chi connectivity index (χ1n) is 7.40. The normalized spacial score (nSPS) is 16.2. The van der Waals surface area contributed by atoms with E-state index in [2.05, 4.69) is 16.3 Å². The zero-order valence-corrected chi connectivity index (χ0v) is 13.7. The lowest BCUT2D eigenvalue weighted by atomic mass is 9.97. The van der Waals surface area contributed by atoms with E-state index in [1.165, 1.54) is 10.4 Å². The van der Waals surface area contributed by atoms with E-state index in [0.717, 1.165) is 25.1 Å². The van der Waals surface area contributed by atoms with E-state index in [9.17, 15) is 4.79 Å². The smallest absolute Gasteiger partial charge is 0.303 e. The summed E-state index contributed by atoms with van der Waals surface area (Å²) in [5.74, 6) is -0.759. The molecule has 0 fully saturated rings. The number of rotatable bonds is 5. The molecule has 0 saturated carbocycles. The van der Waals surface area contributed by atoms with E-state index in [0.29, 0.717) is 11.4 Å². The van der Waals surface area contributed by atoms with Crippen molar-refractivity contribution in [3.63, 3.8) is 0 Å². The second kappa shape index (κ2) is 6.82. The number of thiophene rings is 1. The van der Waals surface area contributed by atoms with Crippen LogP contribution in [0, 0.1) is 0 Å². The first-order chi connectivity index (χ1) is 10.6. The van der Waals surface area contributed by atoms with Crippen molar-refractivity contribution < 1.29 is 9.90 Å². The Bertz CT molecular complexity index is 670. The van der Waals surface area contributed by atoms with Crippen LogP contribution in [0.2, 0.25) is 5.02 Å². The molecule has 0 saturated heterocycles. The predicted molar refractivity (Wildman–Crippen MR) is 89.5 cm³/mol. The summed E-state index contributed by atoms with van der Waals surface area (Å²) in [6.07, 6.45) is 1.77. The van der Waals surface area contributed by atoms with Crippen LogP contribution < -0.4 is 0 Å². The van der Waals surface area contributed by atoms with Crippen LogP contribution in [0.4, 0.5) is 0 Å². The zero-order valence-electron chi connectivity index (χ0n) is 12.2. The molecule has 1 aliphatic heterocycles. The highest BCUT2D eigenvalue weighted by Gasteiger charge is 2.27. The van der Waals surface area contributed by atoms with Crippen molar-refractivity contribution in [1.82, 2.24) is 4.90 Å². The van der Waals surface area contributed by atoms with Gasteiger partial charge in [-0.3, -0.25) is 9.69 Å². The van der Waals surface area contributed by atoms with Gasteiger partial charge in [-0.1, -0.05) is 29.8 Å². The van der Waals surface area contributed by atoms with E-state index < -0.39 is 5.97 Å². The molecule has 3 rings (SSSR count). The summed E-state index contributed by atoms with van der Waals surface area (Å²) >= 11 is 8.17. The molecule has 3 nitrogen and oxygen atoms in total. The summed E-state index contributed by atoms with van der Waals surface area (Å²) in [7, 11) is 0. The molecule has 0 amide bonds. The Hall–Kier alpha value is -1.36. The predicted octanol–water partition coefficient (Wildman–Crippen LogP) is 4.37. The highest BCUT2D eigenvalue weighted by Crippen LogP contribution is 2.35. The van der Waals surface area contributed by atoms with Gasteiger partial charge in [-0.25, -0.2) is 0 Å². The Morgan fingerprint density at radius 2 is 2.18 bits per heavy atom. The molecular weight excluding hydrogens is 318 g/mol. The van der Waals surface area contributed by atoms with Gasteiger partial charge in [0.1, 0.15) is 0 Å². The minimum atomic E-state index is -0.759. The van der Waals surface area contributed by atoms with Gasteiger partial charge in [0.25, 0.3) is 0 Å². The Kier molecular flexibility index (Phi) is 4.81. The largest absolute Gasteiger partial charge is 0.481 e. The van der Waals surface area contributed by atoms with Crippen LogP contribution in [0.3, 0.4) is 0 Å². The summed E-state index contributed by atoms with van der Waals surface area (Å²) in [6, 6.07) is 10.00. The van der Waals surface area contributed by atoms with Gasteiger partial charge in [0.15, 0.2) is 0 Å². The first-order valence-corrected chi connectivity index (χ1v) is 8.66. The number of hydrogen-bond acceptors (Lipinski definition) is 3. The monoisotopic (exact) mass is 335 g/mol. The van der Waals surface area contributed by atoms with Gasteiger partial charge >= 0.3 is 5.97 Å². The van der Waals surface area contributed by atoms with E-state index in [-0.39, 0.29) is 12.5 Å². The number of carboxylic acid groups (broad SMARTS) is 1. The molecule has 0 aliphatic carbocycles. The van der Waals surface area contributed by atoms with Gasteiger partial charge in [0, 0.05) is 35.5 Å². The van der Waals surface area contributed by atoms with Crippen molar-refractivity contribution >= 4 is 28.9 Å². The number of nitrogens with zero attached hydrogens (tertiary/aromatic N) is 1. The maximum atomic E-state index is 11.0. The van der Waals surface area contributed by atoms with E-state index in [1.807, 2.05) is 35.6 Å². The van der Waals surface area contributed by atoms with Crippen LogP contribution in [0.5, 0.6) is 0 Å². The highest BCUT2D eigenvalue weighted by molar-refractivity contribution is 7.10. The van der Waals surface area contributed by atoms with E-state index in [4.69, 9.17) is 16.7 Å². The number of hydrogen-bond donors (Lipinski definition) is 1. The molecule has 0 bridgehead atoms. The lowest BCUT2D eigenvalue weighted by Crippen LogP contribution is -2.34. The number of aliphatic carboxylic acids is 1. The minimum Gasteiger partial charge on any atom is -0.481 e. The maximum absolute atomic E-state index is 11.0.